The predicted molar refractivity (Wildman–Crippen MR) is 36.0 cm³/mol. The molecule has 1 N–H and O–H groups in total. The third-order valence-corrected chi connectivity index (χ3v) is 0.980. The third kappa shape index (κ3) is 2.16. The van der Waals surface area contributed by atoms with E-state index in [0.717, 1.165) is 14.1 Å². The van der Waals surface area contributed by atoms with Crippen LogP contribution in [-0.4, -0.2) is 35.1 Å². The first-order valence-corrected chi connectivity index (χ1v) is 2.54. The first-order chi connectivity index (χ1) is 5.00. The Morgan fingerprint density at radius 3 is 2.36 bits per heavy atom. The SMILES string of the molecule is CN(N=O)C(=N)N(C)[N+](=O)[O-]. The average Bonchev–Trinajstić information content (AvgIpc) is 2.00. The van der Waals surface area contributed by atoms with Gasteiger partial charge in [-0.1, -0.05) is 5.01 Å². The number of nitrogens with one attached hydrogen (secondary N) is 1. The molecule has 0 bridgehead atoms. The molecular formula is C3H7N5O3. The summed E-state index contributed by atoms with van der Waals surface area (Å²) in [5.74, 6) is -0.593. The molecule has 0 aromatic carbocycles. The van der Waals surface area contributed by atoms with Crippen molar-refractivity contribution < 1.29 is 5.03 Å². The highest BCUT2D eigenvalue weighted by atomic mass is 16.7. The van der Waals surface area contributed by atoms with E-state index in [-0.39, 0.29) is 0 Å². The van der Waals surface area contributed by atoms with Crippen molar-refractivity contribution in [3.8, 4) is 0 Å². The third-order valence-electron chi connectivity index (χ3n) is 0.980. The molecular weight excluding hydrogens is 154 g/mol. The number of nitro groups is 1. The minimum absolute atomic E-state index is 0.376. The van der Waals surface area contributed by atoms with E-state index in [4.69, 9.17) is 5.41 Å². The van der Waals surface area contributed by atoms with Crippen molar-refractivity contribution in [1.29, 1.82) is 5.41 Å². The maximum atomic E-state index is 9.98. The first-order valence-electron chi connectivity index (χ1n) is 2.54. The fraction of sp³-hybridized carbons (Fsp3) is 0.667. The van der Waals surface area contributed by atoms with E-state index in [2.05, 4.69) is 5.29 Å². The smallest absolute Gasteiger partial charge is 0.263 e. The van der Waals surface area contributed by atoms with Gasteiger partial charge in [0.1, 0.15) is 0 Å². The van der Waals surface area contributed by atoms with Gasteiger partial charge in [0.15, 0.2) is 5.03 Å². The molecule has 0 atom stereocenters. The molecule has 0 aromatic rings. The van der Waals surface area contributed by atoms with Gasteiger partial charge in [-0.05, 0) is 0 Å². The largest absolute Gasteiger partial charge is 0.279 e. The van der Waals surface area contributed by atoms with Crippen molar-refractivity contribution in [3.05, 3.63) is 15.0 Å². The van der Waals surface area contributed by atoms with Crippen LogP contribution in [0.5, 0.6) is 0 Å². The summed E-state index contributed by atoms with van der Waals surface area (Å²) in [6.07, 6.45) is 0. The predicted octanol–water partition coefficient (Wildman–Crippen LogP) is -0.342. The van der Waals surface area contributed by atoms with Crippen LogP contribution in [-0.2, 0) is 0 Å². The van der Waals surface area contributed by atoms with Crippen LogP contribution in [0.15, 0.2) is 5.29 Å². The van der Waals surface area contributed by atoms with E-state index in [9.17, 15) is 15.0 Å². The molecule has 8 heteroatoms. The number of hydrazine groups is 1. The Kier molecular flexibility index (Phi) is 2.90. The van der Waals surface area contributed by atoms with Crippen molar-refractivity contribution in [2.45, 2.75) is 0 Å². The summed E-state index contributed by atoms with van der Waals surface area (Å²) < 4.78 is 0. The fourth-order valence-corrected chi connectivity index (χ4v) is 0.325. The molecule has 8 nitrogen and oxygen atoms in total. The average molecular weight is 161 g/mol. The zero-order chi connectivity index (χ0) is 9.02. The van der Waals surface area contributed by atoms with E-state index in [1.54, 1.807) is 0 Å². The van der Waals surface area contributed by atoms with Gasteiger partial charge in [0, 0.05) is 7.05 Å². The Morgan fingerprint density at radius 2 is 2.09 bits per heavy atom. The van der Waals surface area contributed by atoms with Crippen LogP contribution >= 0.6 is 0 Å². The minimum Gasteiger partial charge on any atom is -0.263 e. The van der Waals surface area contributed by atoms with E-state index < -0.39 is 11.0 Å². The van der Waals surface area contributed by atoms with Gasteiger partial charge in [0.05, 0.1) is 12.3 Å². The molecule has 0 saturated carbocycles. The zero-order valence-corrected chi connectivity index (χ0v) is 6.01. The summed E-state index contributed by atoms with van der Waals surface area (Å²) in [5.41, 5.74) is 0. The highest BCUT2D eigenvalue weighted by molar-refractivity contribution is 5.74. The molecule has 62 valence electrons. The number of nitroso groups, excluding NO2 is 1. The summed E-state index contributed by atoms with van der Waals surface area (Å²) in [6, 6.07) is 0. The maximum Gasteiger partial charge on any atom is 0.279 e. The Balaban J connectivity index is 4.24. The Bertz CT molecular complexity index is 191. The van der Waals surface area contributed by atoms with Crippen molar-refractivity contribution in [2.75, 3.05) is 14.1 Å². The molecule has 0 aliphatic heterocycles. The lowest BCUT2D eigenvalue weighted by Crippen LogP contribution is -2.39. The zero-order valence-electron chi connectivity index (χ0n) is 6.01. The molecule has 0 heterocycles. The lowest BCUT2D eigenvalue weighted by molar-refractivity contribution is -0.624. The van der Waals surface area contributed by atoms with Gasteiger partial charge in [-0.3, -0.25) is 5.41 Å². The quantitative estimate of drug-likeness (QED) is 0.196. The minimum atomic E-state index is -0.829. The van der Waals surface area contributed by atoms with E-state index >= 15 is 0 Å². The van der Waals surface area contributed by atoms with Gasteiger partial charge in [-0.2, -0.15) is 5.01 Å². The first kappa shape index (κ1) is 9.27. The van der Waals surface area contributed by atoms with Crippen molar-refractivity contribution in [1.82, 2.24) is 10.0 Å². The molecule has 0 saturated heterocycles. The van der Waals surface area contributed by atoms with Gasteiger partial charge in [0.2, 0.25) is 0 Å². The molecule has 0 unspecified atom stereocenters. The number of rotatable bonds is 2. The lowest BCUT2D eigenvalue weighted by Gasteiger charge is -2.12. The summed E-state index contributed by atoms with van der Waals surface area (Å²) in [6.45, 7) is 0. The Hall–Kier alpha value is -1.73. The van der Waals surface area contributed by atoms with Gasteiger partial charge >= 0.3 is 0 Å². The topological polar surface area (TPSA) is 103 Å². The lowest BCUT2D eigenvalue weighted by atomic mass is 10.8. The fourth-order valence-electron chi connectivity index (χ4n) is 0.325. The van der Waals surface area contributed by atoms with Gasteiger partial charge < -0.3 is 0 Å². The monoisotopic (exact) mass is 161 g/mol. The number of hydrogen-bond acceptors (Lipinski definition) is 5. The van der Waals surface area contributed by atoms with Crippen molar-refractivity contribution in [3.63, 3.8) is 0 Å². The normalized spacial score (nSPS) is 8.55. The highest BCUT2D eigenvalue weighted by Crippen LogP contribution is 1.91. The standard InChI is InChI=1S/C3H7N5O3/c1-6(5-9)3(4)7(2)8(10)11/h4H,1-2H3. The summed E-state index contributed by atoms with van der Waals surface area (Å²) in [7, 11) is 2.19. The summed E-state index contributed by atoms with van der Waals surface area (Å²) in [5, 5.41) is 19.3. The summed E-state index contributed by atoms with van der Waals surface area (Å²) >= 11 is 0. The molecule has 0 fully saturated rings. The van der Waals surface area contributed by atoms with E-state index in [0.29, 0.717) is 10.0 Å². The molecule has 0 aromatic heterocycles. The van der Waals surface area contributed by atoms with E-state index in [1.165, 1.54) is 0 Å². The maximum absolute atomic E-state index is 9.98. The van der Waals surface area contributed by atoms with E-state index in [1.807, 2.05) is 0 Å². The van der Waals surface area contributed by atoms with Crippen LogP contribution in [0.4, 0.5) is 0 Å². The van der Waals surface area contributed by atoms with Crippen LogP contribution in [0.2, 0.25) is 0 Å². The Morgan fingerprint density at radius 1 is 1.64 bits per heavy atom. The molecule has 0 radical (unpaired) electrons. The van der Waals surface area contributed by atoms with Gasteiger partial charge in [-0.25, -0.2) is 10.1 Å². The van der Waals surface area contributed by atoms with Gasteiger partial charge in [-0.15, -0.1) is 4.91 Å². The molecule has 0 rings (SSSR count). The number of guanidine groups is 1. The van der Waals surface area contributed by atoms with Crippen LogP contribution < -0.4 is 0 Å². The summed E-state index contributed by atoms with van der Waals surface area (Å²) in [4.78, 5) is 19.7. The van der Waals surface area contributed by atoms with Gasteiger partial charge in [0.25, 0.3) is 5.96 Å². The molecule has 0 amide bonds. The Labute approximate surface area is 62.0 Å². The second-order valence-corrected chi connectivity index (χ2v) is 1.69. The van der Waals surface area contributed by atoms with Crippen LogP contribution in [0, 0.1) is 20.4 Å². The number of hydrogen-bond donors (Lipinski definition) is 1. The van der Waals surface area contributed by atoms with Crippen LogP contribution in [0.1, 0.15) is 0 Å². The molecule has 0 aliphatic rings. The van der Waals surface area contributed by atoms with Crippen molar-refractivity contribution in [2.24, 2.45) is 5.29 Å². The molecule has 0 spiro atoms. The molecule has 0 aliphatic carbocycles. The number of nitrogens with zero attached hydrogens (tertiary/aromatic N) is 4. The van der Waals surface area contributed by atoms with Crippen LogP contribution in [0.3, 0.4) is 0 Å². The second kappa shape index (κ2) is 3.44. The highest BCUT2D eigenvalue weighted by Gasteiger charge is 2.18. The van der Waals surface area contributed by atoms with Crippen molar-refractivity contribution >= 4 is 5.96 Å². The van der Waals surface area contributed by atoms with Crippen LogP contribution in [0.25, 0.3) is 0 Å². The second-order valence-electron chi connectivity index (χ2n) is 1.69. The molecule has 11 heavy (non-hydrogen) atoms.